The smallest absolute Gasteiger partial charge is 0.190 e. The Morgan fingerprint density at radius 2 is 1.77 bits per heavy atom. The number of carbonyl (C=O) groups is 2. The summed E-state index contributed by atoms with van der Waals surface area (Å²) in [5, 5.41) is 10.6. The number of rotatable bonds is 2. The molecule has 0 bridgehead atoms. The lowest BCUT2D eigenvalue weighted by Gasteiger charge is -2.62. The van der Waals surface area contributed by atoms with Gasteiger partial charge in [-0.2, -0.15) is 0 Å². The third-order valence-corrected chi connectivity index (χ3v) is 11.2. The van der Waals surface area contributed by atoms with Gasteiger partial charge in [-0.25, -0.2) is 0 Å². The molecular weight excluding hydrogens is 480 g/mol. The Kier molecular flexibility index (Phi) is 6.71. The van der Waals surface area contributed by atoms with Crippen molar-refractivity contribution in [2.24, 2.45) is 28.1 Å². The lowest BCUT2D eigenvalue weighted by Crippen LogP contribution is -2.61. The number of carbonyl (C=O) groups excluding carboxylic acids is 2. The van der Waals surface area contributed by atoms with Crippen LogP contribution in [0, 0.1) is 46.8 Å². The van der Waals surface area contributed by atoms with Crippen molar-refractivity contribution in [1.29, 1.82) is 0 Å². The lowest BCUT2D eigenvalue weighted by molar-refractivity contribution is -0.155. The molecule has 39 heavy (non-hydrogen) atoms. The van der Waals surface area contributed by atoms with E-state index >= 15 is 0 Å². The van der Waals surface area contributed by atoms with Gasteiger partial charge in [-0.3, -0.25) is 9.59 Å². The van der Waals surface area contributed by atoms with Gasteiger partial charge in [0.1, 0.15) is 5.78 Å². The van der Waals surface area contributed by atoms with Crippen LogP contribution in [0.5, 0.6) is 0 Å². The van der Waals surface area contributed by atoms with Crippen molar-refractivity contribution in [2.75, 3.05) is 0 Å². The predicted octanol–water partition coefficient (Wildman–Crippen LogP) is 7.66. The van der Waals surface area contributed by atoms with Crippen molar-refractivity contribution in [1.82, 2.24) is 0 Å². The van der Waals surface area contributed by atoms with Crippen LogP contribution in [0.25, 0.3) is 0 Å². The summed E-state index contributed by atoms with van der Waals surface area (Å²) < 4.78 is 0. The van der Waals surface area contributed by atoms with Gasteiger partial charge in [-0.05, 0) is 112 Å². The minimum atomic E-state index is -0.773. The average Bonchev–Trinajstić information content (AvgIpc) is 3.34. The minimum Gasteiger partial charge on any atom is -0.393 e. The third-order valence-electron chi connectivity index (χ3n) is 11.2. The Hall–Kier alpha value is -2.44. The van der Waals surface area contributed by atoms with Crippen molar-refractivity contribution in [2.45, 2.75) is 113 Å². The highest BCUT2D eigenvalue weighted by atomic mass is 16.3. The molecule has 4 aliphatic rings. The molecule has 1 saturated carbocycles. The number of ketones is 2. The Balaban J connectivity index is 1.73. The largest absolute Gasteiger partial charge is 0.393 e. The quantitative estimate of drug-likeness (QED) is 0.402. The van der Waals surface area contributed by atoms with Crippen LogP contribution in [0.3, 0.4) is 0 Å². The number of aliphatic hydroxyl groups excluding tert-OH is 1. The second-order valence-electron chi connectivity index (χ2n) is 14.3. The molecule has 4 aliphatic carbocycles. The van der Waals surface area contributed by atoms with E-state index in [2.05, 4.69) is 72.4 Å². The Morgan fingerprint density at radius 1 is 1.08 bits per heavy atom. The highest BCUT2D eigenvalue weighted by Gasteiger charge is 2.65. The molecular formula is C36H46O3. The summed E-state index contributed by atoms with van der Waals surface area (Å²) in [5.41, 5.74) is 6.72. The molecule has 0 heterocycles. The first-order valence-electron chi connectivity index (χ1n) is 15.0. The van der Waals surface area contributed by atoms with Gasteiger partial charge in [-0.1, -0.05) is 58.1 Å². The Morgan fingerprint density at radius 3 is 2.36 bits per heavy atom. The van der Waals surface area contributed by atoms with Crippen molar-refractivity contribution < 1.29 is 14.7 Å². The fourth-order valence-corrected chi connectivity index (χ4v) is 9.21. The van der Waals surface area contributed by atoms with Gasteiger partial charge in [-0.15, -0.1) is 0 Å². The fraction of sp³-hybridized carbons (Fsp3) is 0.611. The first kappa shape index (κ1) is 28.1. The van der Waals surface area contributed by atoms with Gasteiger partial charge in [0, 0.05) is 28.0 Å². The van der Waals surface area contributed by atoms with Crippen molar-refractivity contribution in [3.05, 3.63) is 56.7 Å². The summed E-state index contributed by atoms with van der Waals surface area (Å²) in [6.07, 6.45) is 7.30. The van der Waals surface area contributed by atoms with Crippen molar-refractivity contribution in [3.63, 3.8) is 0 Å². The normalized spacial score (nSPS) is 34.7. The number of allylic oxidation sites excluding steroid dienone is 4. The summed E-state index contributed by atoms with van der Waals surface area (Å²) >= 11 is 0. The Labute approximate surface area is 235 Å². The molecule has 0 radical (unpaired) electrons. The van der Waals surface area contributed by atoms with Crippen LogP contribution in [-0.2, 0) is 11.2 Å². The predicted molar refractivity (Wildman–Crippen MR) is 158 cm³/mol. The molecule has 6 atom stereocenters. The molecule has 0 aromatic heterocycles. The van der Waals surface area contributed by atoms with Gasteiger partial charge in [0.05, 0.1) is 11.5 Å². The highest BCUT2D eigenvalue weighted by Crippen LogP contribution is 2.67. The molecule has 1 aromatic carbocycles. The third kappa shape index (κ3) is 3.96. The second kappa shape index (κ2) is 9.31. The number of aliphatic hydroxyl groups is 1. The molecule has 3 nitrogen and oxygen atoms in total. The van der Waals surface area contributed by atoms with E-state index in [0.29, 0.717) is 0 Å². The molecule has 0 spiro atoms. The van der Waals surface area contributed by atoms with Gasteiger partial charge in [0.2, 0.25) is 0 Å². The van der Waals surface area contributed by atoms with Crippen molar-refractivity contribution >= 4 is 11.6 Å². The molecule has 3 heteroatoms. The zero-order valence-electron chi connectivity index (χ0n) is 25.5. The molecule has 208 valence electrons. The molecule has 0 amide bonds. The molecule has 5 rings (SSSR count). The van der Waals surface area contributed by atoms with E-state index in [-0.39, 0.29) is 34.2 Å². The monoisotopic (exact) mass is 526 g/mol. The van der Waals surface area contributed by atoms with Crippen LogP contribution in [0.4, 0.5) is 0 Å². The van der Waals surface area contributed by atoms with Crippen LogP contribution in [-0.4, -0.2) is 22.8 Å². The van der Waals surface area contributed by atoms with Crippen LogP contribution in [0.1, 0.15) is 126 Å². The van der Waals surface area contributed by atoms with Crippen LogP contribution >= 0.6 is 0 Å². The molecule has 1 aromatic rings. The highest BCUT2D eigenvalue weighted by molar-refractivity contribution is 6.14. The minimum absolute atomic E-state index is 0.0858. The molecule has 0 saturated heterocycles. The first-order chi connectivity index (χ1) is 18.2. The van der Waals surface area contributed by atoms with E-state index in [9.17, 15) is 14.7 Å². The summed E-state index contributed by atoms with van der Waals surface area (Å²) in [5.74, 6) is 6.99. The van der Waals surface area contributed by atoms with Crippen LogP contribution in [0.2, 0.25) is 0 Å². The topological polar surface area (TPSA) is 54.4 Å². The van der Waals surface area contributed by atoms with Crippen LogP contribution in [0.15, 0.2) is 28.9 Å². The number of Topliss-reactive ketones (excluding diaryl/α,β-unsaturated/α-hetero) is 2. The van der Waals surface area contributed by atoms with E-state index in [1.807, 2.05) is 6.92 Å². The Bertz CT molecular complexity index is 1390. The zero-order chi connectivity index (χ0) is 28.7. The van der Waals surface area contributed by atoms with Gasteiger partial charge in [0.25, 0.3) is 0 Å². The van der Waals surface area contributed by atoms with Gasteiger partial charge >= 0.3 is 0 Å². The van der Waals surface area contributed by atoms with Gasteiger partial charge in [0.15, 0.2) is 5.78 Å². The van der Waals surface area contributed by atoms with E-state index in [4.69, 9.17) is 0 Å². The molecule has 0 aliphatic heterocycles. The zero-order valence-corrected chi connectivity index (χ0v) is 25.5. The molecule has 1 N–H and O–H groups in total. The SMILES string of the molecule is CC1=C2C(=O)c3c(C)c(C#CC4=CCCC4)cc(C(C)C)c3CC2(C)CC2(C)CC(C)C(C(C)O)C(=O)C12C. The van der Waals surface area contributed by atoms with E-state index in [1.54, 1.807) is 6.92 Å². The summed E-state index contributed by atoms with van der Waals surface area (Å²) in [4.78, 5) is 28.9. The number of fused-ring (bicyclic) bond motifs is 3. The van der Waals surface area contributed by atoms with E-state index < -0.39 is 17.4 Å². The fourth-order valence-electron chi connectivity index (χ4n) is 9.21. The van der Waals surface area contributed by atoms with Crippen LogP contribution < -0.4 is 0 Å². The standard InChI is InChI=1S/C36H46O3/c1-20(2)27-16-26(15-14-25-12-10-11-13-25)22(4)30-28(27)18-34(7)19-35(8)17-21(3)29(24(6)37)33(39)36(35,9)23(5)31(34)32(30)38/h12,16,20-21,24,29,37H,10-11,13,17-19H2,1-9H3. The maximum absolute atomic E-state index is 14.7. The summed E-state index contributed by atoms with van der Waals surface area (Å²) in [6, 6.07) is 2.24. The maximum Gasteiger partial charge on any atom is 0.190 e. The second-order valence-corrected chi connectivity index (χ2v) is 14.3. The summed E-state index contributed by atoms with van der Waals surface area (Å²) in [6.45, 7) is 18.9. The molecule has 6 unspecified atom stereocenters. The average molecular weight is 527 g/mol. The van der Waals surface area contributed by atoms with E-state index in [0.717, 1.165) is 59.9 Å². The lowest BCUT2D eigenvalue weighted by atomic mass is 9.40. The molecule has 1 fully saturated rings. The number of hydrogen-bond acceptors (Lipinski definition) is 3. The number of hydrogen-bond donors (Lipinski definition) is 1. The maximum atomic E-state index is 14.7. The van der Waals surface area contributed by atoms with Crippen molar-refractivity contribution in [3.8, 4) is 11.8 Å². The first-order valence-corrected chi connectivity index (χ1v) is 15.0. The number of benzene rings is 1. The summed E-state index contributed by atoms with van der Waals surface area (Å²) in [7, 11) is 0. The van der Waals surface area contributed by atoms with Gasteiger partial charge < -0.3 is 5.11 Å². The van der Waals surface area contributed by atoms with E-state index in [1.165, 1.54) is 23.1 Å².